The van der Waals surface area contributed by atoms with Gasteiger partial charge in [0.2, 0.25) is 0 Å². The fraction of sp³-hybridized carbons (Fsp3) is 0.500. The summed E-state index contributed by atoms with van der Waals surface area (Å²) >= 11 is 0. The molecule has 1 rings (SSSR count). The highest BCUT2D eigenvalue weighted by Gasteiger charge is 2.23. The molecule has 0 aliphatic heterocycles. The zero-order valence-electron chi connectivity index (χ0n) is 9.97. The topological polar surface area (TPSA) is 98.3 Å². The predicted molar refractivity (Wildman–Crippen MR) is 60.4 cm³/mol. The molecule has 0 fully saturated rings. The lowest BCUT2D eigenvalue weighted by atomic mass is 10.3. The number of likely N-dealkylation sites (N-methyl/N-ethyl adjacent to an activating group) is 1. The molecule has 0 aromatic carbocycles. The zero-order chi connectivity index (χ0) is 13.0. The Balaban J connectivity index is 2.57. The highest BCUT2D eigenvalue weighted by atomic mass is 16.4. The molecule has 0 spiro atoms. The van der Waals surface area contributed by atoms with E-state index < -0.39 is 18.0 Å². The Morgan fingerprint density at radius 2 is 2.18 bits per heavy atom. The predicted octanol–water partition coefficient (Wildman–Crippen LogP) is 0.585. The Morgan fingerprint density at radius 3 is 2.65 bits per heavy atom. The van der Waals surface area contributed by atoms with E-state index >= 15 is 0 Å². The van der Waals surface area contributed by atoms with E-state index in [9.17, 15) is 9.59 Å². The molecule has 2 unspecified atom stereocenters. The van der Waals surface area contributed by atoms with Gasteiger partial charge in [-0.3, -0.25) is 0 Å². The molecule has 3 N–H and O–H groups in total. The van der Waals surface area contributed by atoms with Gasteiger partial charge in [0.1, 0.15) is 11.9 Å². The van der Waals surface area contributed by atoms with Crippen molar-refractivity contribution in [3.63, 3.8) is 0 Å². The number of carboxylic acids is 1. The first-order valence-electron chi connectivity index (χ1n) is 5.19. The van der Waals surface area contributed by atoms with Crippen LogP contribution in [-0.4, -0.2) is 45.1 Å². The monoisotopic (exact) mass is 240 g/mol. The van der Waals surface area contributed by atoms with Crippen molar-refractivity contribution in [3.8, 4) is 0 Å². The number of aromatic amines is 1. The maximum absolute atomic E-state index is 11.7. The minimum atomic E-state index is -1.05. The van der Waals surface area contributed by atoms with E-state index in [0.29, 0.717) is 5.82 Å². The quantitative estimate of drug-likeness (QED) is 0.717. The van der Waals surface area contributed by atoms with E-state index in [4.69, 9.17) is 5.11 Å². The van der Waals surface area contributed by atoms with E-state index in [1.54, 1.807) is 19.3 Å². The molecule has 0 saturated heterocycles. The molecule has 7 heteroatoms. The molecule has 0 aliphatic rings. The van der Waals surface area contributed by atoms with Gasteiger partial charge in [0.15, 0.2) is 0 Å². The molecule has 7 nitrogen and oxygen atoms in total. The largest absolute Gasteiger partial charge is 0.480 e. The van der Waals surface area contributed by atoms with Crippen molar-refractivity contribution in [3.05, 3.63) is 18.2 Å². The second kappa shape index (κ2) is 5.33. The lowest BCUT2D eigenvalue weighted by molar-refractivity contribution is -0.141. The summed E-state index contributed by atoms with van der Waals surface area (Å²) in [5.74, 6) is -0.428. The van der Waals surface area contributed by atoms with Crippen LogP contribution >= 0.6 is 0 Å². The first kappa shape index (κ1) is 13.0. The van der Waals surface area contributed by atoms with Crippen LogP contribution in [0.5, 0.6) is 0 Å². The lowest BCUT2D eigenvalue weighted by Gasteiger charge is -2.23. The van der Waals surface area contributed by atoms with Crippen LogP contribution in [0.3, 0.4) is 0 Å². The first-order valence-corrected chi connectivity index (χ1v) is 5.19. The van der Waals surface area contributed by atoms with Crippen LogP contribution in [0.25, 0.3) is 0 Å². The number of imidazole rings is 1. The van der Waals surface area contributed by atoms with Crippen LogP contribution in [0.15, 0.2) is 12.4 Å². The number of carbonyl (C=O) groups is 2. The summed E-state index contributed by atoms with van der Waals surface area (Å²) < 4.78 is 0. The van der Waals surface area contributed by atoms with Crippen LogP contribution in [0, 0.1) is 0 Å². The van der Waals surface area contributed by atoms with Crippen molar-refractivity contribution < 1.29 is 14.7 Å². The maximum atomic E-state index is 11.7. The van der Waals surface area contributed by atoms with Gasteiger partial charge in [0, 0.05) is 19.4 Å². The highest BCUT2D eigenvalue weighted by Crippen LogP contribution is 2.06. The fourth-order valence-corrected chi connectivity index (χ4v) is 1.21. The number of hydrogen-bond donors (Lipinski definition) is 3. The molecule has 1 aromatic rings. The van der Waals surface area contributed by atoms with Gasteiger partial charge in [0.05, 0.1) is 6.04 Å². The average Bonchev–Trinajstić information content (AvgIpc) is 2.80. The van der Waals surface area contributed by atoms with E-state index in [1.165, 1.54) is 14.0 Å². The summed E-state index contributed by atoms with van der Waals surface area (Å²) in [5.41, 5.74) is 0. The smallest absolute Gasteiger partial charge is 0.326 e. The third-order valence-corrected chi connectivity index (χ3v) is 2.53. The lowest BCUT2D eigenvalue weighted by Crippen LogP contribution is -2.46. The van der Waals surface area contributed by atoms with Gasteiger partial charge in [-0.05, 0) is 13.8 Å². The van der Waals surface area contributed by atoms with Gasteiger partial charge in [-0.2, -0.15) is 0 Å². The molecule has 0 bridgehead atoms. The molecule has 2 amide bonds. The van der Waals surface area contributed by atoms with E-state index in [2.05, 4.69) is 15.3 Å². The van der Waals surface area contributed by atoms with E-state index in [-0.39, 0.29) is 6.04 Å². The minimum absolute atomic E-state index is 0.305. The number of rotatable bonds is 4. The van der Waals surface area contributed by atoms with Crippen molar-refractivity contribution in [2.45, 2.75) is 25.9 Å². The van der Waals surface area contributed by atoms with Crippen molar-refractivity contribution >= 4 is 12.0 Å². The summed E-state index contributed by atoms with van der Waals surface area (Å²) in [4.78, 5) is 30.4. The molecule has 17 heavy (non-hydrogen) atoms. The number of nitrogens with one attached hydrogen (secondary N) is 2. The number of carbonyl (C=O) groups excluding carboxylic acids is 1. The molecular weight excluding hydrogens is 224 g/mol. The molecule has 0 radical (unpaired) electrons. The highest BCUT2D eigenvalue weighted by molar-refractivity contribution is 5.82. The maximum Gasteiger partial charge on any atom is 0.326 e. The summed E-state index contributed by atoms with van der Waals surface area (Å²) in [5, 5.41) is 11.4. The number of nitrogens with zero attached hydrogens (tertiary/aromatic N) is 2. The van der Waals surface area contributed by atoms with Gasteiger partial charge in [-0.25, -0.2) is 14.6 Å². The zero-order valence-corrected chi connectivity index (χ0v) is 9.97. The Labute approximate surface area is 98.8 Å². The Morgan fingerprint density at radius 1 is 1.53 bits per heavy atom. The average molecular weight is 240 g/mol. The van der Waals surface area contributed by atoms with Gasteiger partial charge >= 0.3 is 12.0 Å². The molecule has 0 saturated carbocycles. The Hall–Kier alpha value is -2.05. The van der Waals surface area contributed by atoms with Crippen molar-refractivity contribution in [2.75, 3.05) is 7.05 Å². The van der Waals surface area contributed by atoms with Gasteiger partial charge < -0.3 is 20.3 Å². The van der Waals surface area contributed by atoms with Crippen molar-refractivity contribution in [1.29, 1.82) is 0 Å². The summed E-state index contributed by atoms with van der Waals surface area (Å²) in [6.45, 7) is 3.20. The molecule has 0 aliphatic carbocycles. The van der Waals surface area contributed by atoms with Crippen LogP contribution in [0.4, 0.5) is 4.79 Å². The van der Waals surface area contributed by atoms with Crippen LogP contribution in [0.2, 0.25) is 0 Å². The number of carboxylic acid groups (broad SMARTS) is 1. The van der Waals surface area contributed by atoms with Gasteiger partial charge in [-0.15, -0.1) is 0 Å². The standard InChI is InChI=1S/C10H16N4O3/c1-6(8-11-4-5-12-8)13-10(17)14(3)7(2)9(15)16/h4-7H,1-3H3,(H,11,12)(H,13,17)(H,15,16). The second-order valence-electron chi connectivity index (χ2n) is 3.77. The molecule has 94 valence electrons. The minimum Gasteiger partial charge on any atom is -0.480 e. The Kier molecular flexibility index (Phi) is 4.08. The third kappa shape index (κ3) is 3.20. The van der Waals surface area contributed by atoms with E-state index in [0.717, 1.165) is 4.90 Å². The number of aliphatic carboxylic acids is 1. The first-order chi connectivity index (χ1) is 7.93. The number of aromatic nitrogens is 2. The number of hydrogen-bond acceptors (Lipinski definition) is 3. The molecule has 1 heterocycles. The third-order valence-electron chi connectivity index (χ3n) is 2.53. The fourth-order valence-electron chi connectivity index (χ4n) is 1.21. The molecule has 1 aromatic heterocycles. The second-order valence-corrected chi connectivity index (χ2v) is 3.77. The SMILES string of the molecule is CC(NC(=O)N(C)C(C)C(=O)O)c1ncc[nH]1. The Bertz CT molecular complexity index is 390. The number of H-pyrrole nitrogens is 1. The van der Waals surface area contributed by atoms with Crippen LogP contribution in [-0.2, 0) is 4.79 Å². The van der Waals surface area contributed by atoms with E-state index in [1.807, 2.05) is 0 Å². The molecular formula is C10H16N4O3. The van der Waals surface area contributed by atoms with Crippen molar-refractivity contribution in [2.24, 2.45) is 0 Å². The van der Waals surface area contributed by atoms with Gasteiger partial charge in [-0.1, -0.05) is 0 Å². The molecule has 2 atom stereocenters. The van der Waals surface area contributed by atoms with Crippen LogP contribution < -0.4 is 5.32 Å². The number of urea groups is 1. The van der Waals surface area contributed by atoms with Crippen LogP contribution in [0.1, 0.15) is 25.7 Å². The van der Waals surface area contributed by atoms with Crippen molar-refractivity contribution in [1.82, 2.24) is 20.2 Å². The summed E-state index contributed by atoms with van der Waals surface area (Å²) in [7, 11) is 1.43. The normalized spacial score (nSPS) is 13.8. The van der Waals surface area contributed by atoms with Gasteiger partial charge in [0.25, 0.3) is 0 Å². The number of amides is 2. The summed E-state index contributed by atoms with van der Waals surface area (Å²) in [6, 6.07) is -1.64. The summed E-state index contributed by atoms with van der Waals surface area (Å²) in [6.07, 6.45) is 3.24.